The summed E-state index contributed by atoms with van der Waals surface area (Å²) in [5.74, 6) is 0.134. The quantitative estimate of drug-likeness (QED) is 0.213. The number of non-ortho nitro benzene ring substituents is 1. The van der Waals surface area contributed by atoms with Crippen molar-refractivity contribution in [2.75, 3.05) is 0 Å². The maximum Gasteiger partial charge on any atom is 0.269 e. The first-order chi connectivity index (χ1) is 18.6. The molecule has 3 aromatic rings. The standard InChI is InChI=1S/C30H29N3O6/c1-30(2)16-26(36)29-23(32-39-27(29)17-30)13-12-22(31-20-8-10-21(11-9-20)33(37)38)28-24(34)14-19(15-25(28)35)18-6-4-3-5-7-18/h3-11,19,34H,12-17H2,1-2H3. The van der Waals surface area contributed by atoms with E-state index in [0.29, 0.717) is 41.3 Å². The van der Waals surface area contributed by atoms with Crippen molar-refractivity contribution in [1.29, 1.82) is 0 Å². The van der Waals surface area contributed by atoms with Crippen LogP contribution in [0, 0.1) is 15.5 Å². The molecule has 0 saturated heterocycles. The van der Waals surface area contributed by atoms with Crippen molar-refractivity contribution in [3.05, 3.63) is 98.6 Å². The van der Waals surface area contributed by atoms with Crippen molar-refractivity contribution in [1.82, 2.24) is 5.16 Å². The number of nitrogens with zero attached hydrogens (tertiary/aromatic N) is 3. The number of nitro groups is 1. The van der Waals surface area contributed by atoms with E-state index in [1.165, 1.54) is 24.3 Å². The first-order valence-electron chi connectivity index (χ1n) is 12.9. The van der Waals surface area contributed by atoms with E-state index < -0.39 is 4.92 Å². The Hall–Kier alpha value is -4.40. The van der Waals surface area contributed by atoms with Crippen molar-refractivity contribution in [2.45, 2.75) is 58.3 Å². The highest BCUT2D eigenvalue weighted by Gasteiger charge is 2.37. The summed E-state index contributed by atoms with van der Waals surface area (Å²) < 4.78 is 5.53. The van der Waals surface area contributed by atoms with E-state index >= 15 is 0 Å². The number of aliphatic hydroxyl groups excluding tert-OH is 1. The molecular formula is C30H29N3O6. The number of aromatic nitrogens is 1. The highest BCUT2D eigenvalue weighted by molar-refractivity contribution is 6.24. The summed E-state index contributed by atoms with van der Waals surface area (Å²) in [6.45, 7) is 4.02. The maximum atomic E-state index is 13.4. The molecule has 200 valence electrons. The van der Waals surface area contributed by atoms with Gasteiger partial charge in [0.1, 0.15) is 11.5 Å². The van der Waals surface area contributed by atoms with Crippen molar-refractivity contribution in [3.8, 4) is 0 Å². The van der Waals surface area contributed by atoms with Gasteiger partial charge in [-0.25, -0.2) is 0 Å². The molecule has 0 spiro atoms. The number of aryl methyl sites for hydroxylation is 1. The van der Waals surface area contributed by atoms with E-state index in [-0.39, 0.29) is 65.6 Å². The molecule has 0 saturated carbocycles. The highest BCUT2D eigenvalue weighted by atomic mass is 16.6. The van der Waals surface area contributed by atoms with Crippen LogP contribution in [0.15, 0.2) is 75.4 Å². The van der Waals surface area contributed by atoms with E-state index in [4.69, 9.17) is 4.52 Å². The van der Waals surface area contributed by atoms with Gasteiger partial charge in [0.25, 0.3) is 5.69 Å². The zero-order chi connectivity index (χ0) is 27.7. The molecule has 0 aliphatic heterocycles. The van der Waals surface area contributed by atoms with Gasteiger partial charge in [-0.2, -0.15) is 0 Å². The van der Waals surface area contributed by atoms with Gasteiger partial charge < -0.3 is 9.63 Å². The smallest absolute Gasteiger partial charge is 0.269 e. The number of aliphatic hydroxyl groups is 1. The molecular weight excluding hydrogens is 498 g/mol. The second-order valence-corrected chi connectivity index (χ2v) is 11.0. The minimum atomic E-state index is -0.497. The normalized spacial score (nSPS) is 19.2. The molecule has 9 nitrogen and oxygen atoms in total. The minimum Gasteiger partial charge on any atom is -0.511 e. The van der Waals surface area contributed by atoms with Crippen LogP contribution in [0.3, 0.4) is 0 Å². The summed E-state index contributed by atoms with van der Waals surface area (Å²) in [6.07, 6.45) is 2.00. The Labute approximate surface area is 225 Å². The number of Topliss-reactive ketones (excluding diaryl/α,β-unsaturated/α-hetero) is 2. The van der Waals surface area contributed by atoms with Crippen LogP contribution in [0.5, 0.6) is 0 Å². The lowest BCUT2D eigenvalue weighted by molar-refractivity contribution is -0.384. The van der Waals surface area contributed by atoms with Crippen LogP contribution < -0.4 is 0 Å². The lowest BCUT2D eigenvalue weighted by Gasteiger charge is -2.26. The average Bonchev–Trinajstić information content (AvgIpc) is 3.29. The van der Waals surface area contributed by atoms with Crippen molar-refractivity contribution in [3.63, 3.8) is 0 Å². The summed E-state index contributed by atoms with van der Waals surface area (Å²) in [4.78, 5) is 41.5. The zero-order valence-corrected chi connectivity index (χ0v) is 21.8. The SMILES string of the molecule is CC1(C)CC(=O)c2c(CCC(=Nc3ccc([N+](=O)[O-])cc3)C3=C(O)CC(c4ccccc4)CC3=O)noc2C1. The van der Waals surface area contributed by atoms with Crippen LogP contribution >= 0.6 is 0 Å². The fraction of sp³-hybridized carbons (Fsp3) is 0.333. The molecule has 39 heavy (non-hydrogen) atoms. The Morgan fingerprint density at radius 3 is 2.46 bits per heavy atom. The Morgan fingerprint density at radius 1 is 1.08 bits per heavy atom. The van der Waals surface area contributed by atoms with Gasteiger partial charge in [-0.05, 0) is 41.9 Å². The van der Waals surface area contributed by atoms with Gasteiger partial charge in [0.2, 0.25) is 0 Å². The summed E-state index contributed by atoms with van der Waals surface area (Å²) in [7, 11) is 0. The van der Waals surface area contributed by atoms with E-state index in [0.717, 1.165) is 5.56 Å². The van der Waals surface area contributed by atoms with Crippen LogP contribution in [0.25, 0.3) is 0 Å². The van der Waals surface area contributed by atoms with E-state index in [2.05, 4.69) is 10.1 Å². The Bertz CT molecular complexity index is 1500. The molecule has 0 radical (unpaired) electrons. The predicted molar refractivity (Wildman–Crippen MR) is 145 cm³/mol. The molecule has 1 aromatic heterocycles. The third kappa shape index (κ3) is 5.57. The van der Waals surface area contributed by atoms with Crippen molar-refractivity contribution in [2.24, 2.45) is 10.4 Å². The fourth-order valence-electron chi connectivity index (χ4n) is 5.45. The van der Waals surface area contributed by atoms with E-state index in [1.807, 2.05) is 44.2 Å². The van der Waals surface area contributed by atoms with Crippen molar-refractivity contribution < 1.29 is 24.1 Å². The number of rotatable bonds is 7. The summed E-state index contributed by atoms with van der Waals surface area (Å²) in [5.41, 5.74) is 2.61. The number of aliphatic imine (C=N–C) groups is 1. The second kappa shape index (κ2) is 10.4. The number of fused-ring (bicyclic) bond motifs is 1. The molecule has 1 heterocycles. The lowest BCUT2D eigenvalue weighted by atomic mass is 9.75. The molecule has 5 rings (SSSR count). The molecule has 0 bridgehead atoms. The van der Waals surface area contributed by atoms with Crippen LogP contribution in [0.1, 0.15) is 72.8 Å². The summed E-state index contributed by atoms with van der Waals surface area (Å²) >= 11 is 0. The number of hydrogen-bond acceptors (Lipinski definition) is 8. The molecule has 9 heteroatoms. The van der Waals surface area contributed by atoms with Gasteiger partial charge >= 0.3 is 0 Å². The summed E-state index contributed by atoms with van der Waals surface area (Å²) in [5, 5.41) is 26.3. The van der Waals surface area contributed by atoms with E-state index in [9.17, 15) is 24.8 Å². The number of carbonyl (C=O) groups is 2. The van der Waals surface area contributed by atoms with Gasteiger partial charge in [0.15, 0.2) is 11.6 Å². The minimum absolute atomic E-state index is 0.0205. The van der Waals surface area contributed by atoms with Crippen molar-refractivity contribution >= 4 is 28.7 Å². The number of ketones is 2. The number of carbonyl (C=O) groups excluding carboxylic acids is 2. The molecule has 0 amide bonds. The van der Waals surface area contributed by atoms with Gasteiger partial charge in [0, 0.05) is 37.8 Å². The third-order valence-electron chi connectivity index (χ3n) is 7.31. The van der Waals surface area contributed by atoms with Gasteiger partial charge in [-0.15, -0.1) is 0 Å². The predicted octanol–water partition coefficient (Wildman–Crippen LogP) is 6.40. The van der Waals surface area contributed by atoms with Crippen LogP contribution in [0.4, 0.5) is 11.4 Å². The second-order valence-electron chi connectivity index (χ2n) is 11.0. The molecule has 1 unspecified atom stereocenters. The molecule has 2 aliphatic carbocycles. The monoisotopic (exact) mass is 527 g/mol. The van der Waals surface area contributed by atoms with Gasteiger partial charge in [-0.3, -0.25) is 24.7 Å². The maximum absolute atomic E-state index is 13.4. The molecule has 2 aromatic carbocycles. The molecule has 1 atom stereocenters. The zero-order valence-electron chi connectivity index (χ0n) is 21.8. The van der Waals surface area contributed by atoms with E-state index in [1.54, 1.807) is 0 Å². The summed E-state index contributed by atoms with van der Waals surface area (Å²) in [6, 6.07) is 15.3. The Balaban J connectivity index is 1.48. The third-order valence-corrected chi connectivity index (χ3v) is 7.31. The lowest BCUT2D eigenvalue weighted by Crippen LogP contribution is -2.27. The Kier molecular flexibility index (Phi) is 6.99. The van der Waals surface area contributed by atoms with Crippen LogP contribution in [-0.2, 0) is 17.6 Å². The highest BCUT2D eigenvalue weighted by Crippen LogP contribution is 2.38. The molecule has 2 aliphatic rings. The topological polar surface area (TPSA) is 136 Å². The number of benzene rings is 2. The largest absolute Gasteiger partial charge is 0.511 e. The number of allylic oxidation sites excluding steroid dienone is 2. The van der Waals surface area contributed by atoms with Crippen LogP contribution in [0.2, 0.25) is 0 Å². The fourth-order valence-corrected chi connectivity index (χ4v) is 5.45. The van der Waals surface area contributed by atoms with Crippen LogP contribution in [-0.4, -0.2) is 32.5 Å². The molecule has 0 fully saturated rings. The first kappa shape index (κ1) is 26.2. The molecule has 1 N–H and O–H groups in total. The Morgan fingerprint density at radius 2 is 1.79 bits per heavy atom. The average molecular weight is 528 g/mol. The van der Waals surface area contributed by atoms with Gasteiger partial charge in [-0.1, -0.05) is 49.3 Å². The number of hydrogen-bond donors (Lipinski definition) is 1. The number of nitro benzene ring substituents is 1. The first-order valence-corrected chi connectivity index (χ1v) is 12.9. The van der Waals surface area contributed by atoms with Gasteiger partial charge in [0.05, 0.1) is 33.2 Å².